The first-order chi connectivity index (χ1) is 10.3. The van der Waals surface area contributed by atoms with E-state index in [4.69, 9.17) is 4.42 Å². The number of piperazine rings is 1. The van der Waals surface area contributed by atoms with E-state index in [1.54, 1.807) is 6.26 Å². The van der Waals surface area contributed by atoms with Crippen molar-refractivity contribution in [2.75, 3.05) is 32.7 Å². The molecular formula is C16H21N3O2. The van der Waals surface area contributed by atoms with E-state index in [1.165, 1.54) is 0 Å². The molecule has 1 aliphatic heterocycles. The lowest BCUT2D eigenvalue weighted by atomic mass is 10.2. The number of nitrogens with zero attached hydrogens (tertiary/aromatic N) is 3. The zero-order valence-electron chi connectivity index (χ0n) is 12.1. The highest BCUT2D eigenvalue weighted by atomic mass is 16.4. The third-order valence-electron chi connectivity index (χ3n) is 3.88. The SMILES string of the molecule is OC(CN1CCN(Cc2ccccn2)CC1)c1ccco1. The monoisotopic (exact) mass is 287 g/mol. The van der Waals surface area contributed by atoms with Gasteiger partial charge in [0.15, 0.2) is 0 Å². The van der Waals surface area contributed by atoms with Gasteiger partial charge in [-0.15, -0.1) is 0 Å². The number of furan rings is 1. The molecule has 1 saturated heterocycles. The first-order valence-electron chi connectivity index (χ1n) is 7.37. The van der Waals surface area contributed by atoms with Gasteiger partial charge in [0.1, 0.15) is 11.9 Å². The first-order valence-corrected chi connectivity index (χ1v) is 7.37. The Balaban J connectivity index is 1.45. The number of rotatable bonds is 5. The average Bonchev–Trinajstić information content (AvgIpc) is 3.05. The lowest BCUT2D eigenvalue weighted by Gasteiger charge is -2.35. The van der Waals surface area contributed by atoms with Gasteiger partial charge >= 0.3 is 0 Å². The summed E-state index contributed by atoms with van der Waals surface area (Å²) in [5.74, 6) is 0.644. The maximum absolute atomic E-state index is 10.1. The van der Waals surface area contributed by atoms with Crippen molar-refractivity contribution in [3.63, 3.8) is 0 Å². The largest absolute Gasteiger partial charge is 0.467 e. The summed E-state index contributed by atoms with van der Waals surface area (Å²) in [6.07, 6.45) is 2.90. The fourth-order valence-electron chi connectivity index (χ4n) is 2.67. The molecular weight excluding hydrogens is 266 g/mol. The number of β-amino-alcohol motifs (C(OH)–C–C–N with tert-alkyl or cyclic N) is 1. The van der Waals surface area contributed by atoms with Gasteiger partial charge in [0.2, 0.25) is 0 Å². The molecule has 0 radical (unpaired) electrons. The van der Waals surface area contributed by atoms with Crippen LogP contribution in [0.3, 0.4) is 0 Å². The Morgan fingerprint density at radius 3 is 2.57 bits per heavy atom. The van der Waals surface area contributed by atoms with Gasteiger partial charge in [-0.25, -0.2) is 0 Å². The molecule has 1 aliphatic rings. The summed E-state index contributed by atoms with van der Waals surface area (Å²) < 4.78 is 5.24. The Labute approximate surface area is 124 Å². The molecule has 5 nitrogen and oxygen atoms in total. The van der Waals surface area contributed by atoms with E-state index in [0.29, 0.717) is 12.3 Å². The molecule has 21 heavy (non-hydrogen) atoms. The fraction of sp³-hybridized carbons (Fsp3) is 0.438. The topological polar surface area (TPSA) is 52.7 Å². The molecule has 0 amide bonds. The number of aliphatic hydroxyl groups is 1. The molecule has 112 valence electrons. The molecule has 1 atom stereocenters. The molecule has 0 aromatic carbocycles. The Hall–Kier alpha value is -1.69. The number of hydrogen-bond donors (Lipinski definition) is 1. The molecule has 2 aromatic heterocycles. The van der Waals surface area contributed by atoms with Crippen molar-refractivity contribution in [3.05, 3.63) is 54.2 Å². The van der Waals surface area contributed by atoms with Gasteiger partial charge < -0.3 is 9.52 Å². The van der Waals surface area contributed by atoms with Crippen LogP contribution in [0.4, 0.5) is 0 Å². The highest BCUT2D eigenvalue weighted by molar-refractivity contribution is 5.04. The highest BCUT2D eigenvalue weighted by Crippen LogP contribution is 2.16. The van der Waals surface area contributed by atoms with Crippen molar-refractivity contribution < 1.29 is 9.52 Å². The summed E-state index contributed by atoms with van der Waals surface area (Å²) in [5, 5.41) is 10.1. The third-order valence-corrected chi connectivity index (χ3v) is 3.88. The molecule has 1 N–H and O–H groups in total. The maximum Gasteiger partial charge on any atom is 0.133 e. The minimum absolute atomic E-state index is 0.539. The molecule has 0 spiro atoms. The summed E-state index contributed by atoms with van der Waals surface area (Å²) in [6, 6.07) is 9.66. The first kappa shape index (κ1) is 14.3. The highest BCUT2D eigenvalue weighted by Gasteiger charge is 2.21. The van der Waals surface area contributed by atoms with Gasteiger partial charge in [-0.1, -0.05) is 6.07 Å². The van der Waals surface area contributed by atoms with E-state index in [2.05, 4.69) is 20.9 Å². The van der Waals surface area contributed by atoms with Crippen molar-refractivity contribution in [1.29, 1.82) is 0 Å². The standard InChI is InChI=1S/C16H21N3O2/c20-15(16-5-3-11-21-16)13-19-9-7-18(8-10-19)12-14-4-1-2-6-17-14/h1-6,11,15,20H,7-10,12-13H2. The summed E-state index contributed by atoms with van der Waals surface area (Å²) in [7, 11) is 0. The second-order valence-electron chi connectivity index (χ2n) is 5.43. The molecule has 0 aliphatic carbocycles. The molecule has 2 aromatic rings. The molecule has 1 unspecified atom stereocenters. The van der Waals surface area contributed by atoms with Crippen molar-refractivity contribution in [1.82, 2.24) is 14.8 Å². The smallest absolute Gasteiger partial charge is 0.133 e. The second-order valence-corrected chi connectivity index (χ2v) is 5.43. The zero-order chi connectivity index (χ0) is 14.5. The summed E-state index contributed by atoms with van der Waals surface area (Å²) in [4.78, 5) is 9.05. The van der Waals surface area contributed by atoms with Crippen LogP contribution in [0.1, 0.15) is 17.6 Å². The van der Waals surface area contributed by atoms with Crippen molar-refractivity contribution in [2.24, 2.45) is 0 Å². The summed E-state index contributed by atoms with van der Waals surface area (Å²) in [6.45, 7) is 5.46. The fourth-order valence-corrected chi connectivity index (χ4v) is 2.67. The summed E-state index contributed by atoms with van der Waals surface area (Å²) in [5.41, 5.74) is 1.11. The number of aromatic nitrogens is 1. The Morgan fingerprint density at radius 1 is 1.10 bits per heavy atom. The van der Waals surface area contributed by atoms with Gasteiger partial charge in [0, 0.05) is 45.5 Å². The van der Waals surface area contributed by atoms with Crippen LogP contribution in [-0.4, -0.2) is 52.6 Å². The van der Waals surface area contributed by atoms with Crippen LogP contribution in [0.15, 0.2) is 47.2 Å². The molecule has 0 bridgehead atoms. The average molecular weight is 287 g/mol. The quantitative estimate of drug-likeness (QED) is 0.904. The molecule has 3 heterocycles. The Kier molecular flexibility index (Phi) is 4.65. The molecule has 1 fully saturated rings. The predicted molar refractivity (Wildman–Crippen MR) is 79.6 cm³/mol. The van der Waals surface area contributed by atoms with Gasteiger partial charge in [-0.2, -0.15) is 0 Å². The van der Waals surface area contributed by atoms with E-state index in [9.17, 15) is 5.11 Å². The zero-order valence-corrected chi connectivity index (χ0v) is 12.1. The minimum atomic E-state index is -0.539. The van der Waals surface area contributed by atoms with Gasteiger partial charge in [-0.05, 0) is 24.3 Å². The van der Waals surface area contributed by atoms with Crippen LogP contribution in [-0.2, 0) is 6.54 Å². The van der Waals surface area contributed by atoms with Gasteiger partial charge in [-0.3, -0.25) is 14.8 Å². The number of hydrogen-bond acceptors (Lipinski definition) is 5. The van der Waals surface area contributed by atoms with E-state index >= 15 is 0 Å². The van der Waals surface area contributed by atoms with E-state index < -0.39 is 6.10 Å². The molecule has 5 heteroatoms. The van der Waals surface area contributed by atoms with Crippen molar-refractivity contribution in [2.45, 2.75) is 12.6 Å². The van der Waals surface area contributed by atoms with E-state index in [1.807, 2.05) is 30.5 Å². The maximum atomic E-state index is 10.1. The van der Waals surface area contributed by atoms with Crippen molar-refractivity contribution >= 4 is 0 Å². The molecule has 3 rings (SSSR count). The lowest BCUT2D eigenvalue weighted by Crippen LogP contribution is -2.47. The second kappa shape index (κ2) is 6.85. The van der Waals surface area contributed by atoms with Crippen LogP contribution in [0.25, 0.3) is 0 Å². The normalized spacial score (nSPS) is 18.7. The van der Waals surface area contributed by atoms with Crippen LogP contribution < -0.4 is 0 Å². The van der Waals surface area contributed by atoms with Crippen LogP contribution in [0.5, 0.6) is 0 Å². The van der Waals surface area contributed by atoms with E-state index in [0.717, 1.165) is 38.4 Å². The van der Waals surface area contributed by atoms with Crippen molar-refractivity contribution in [3.8, 4) is 0 Å². The van der Waals surface area contributed by atoms with Crippen LogP contribution in [0, 0.1) is 0 Å². The van der Waals surface area contributed by atoms with Crippen LogP contribution >= 0.6 is 0 Å². The van der Waals surface area contributed by atoms with E-state index in [-0.39, 0.29) is 0 Å². The van der Waals surface area contributed by atoms with Gasteiger partial charge in [0.25, 0.3) is 0 Å². The molecule has 0 saturated carbocycles. The van der Waals surface area contributed by atoms with Crippen LogP contribution in [0.2, 0.25) is 0 Å². The number of pyridine rings is 1. The van der Waals surface area contributed by atoms with Gasteiger partial charge in [0.05, 0.1) is 12.0 Å². The summed E-state index contributed by atoms with van der Waals surface area (Å²) >= 11 is 0. The minimum Gasteiger partial charge on any atom is -0.467 e. The predicted octanol–water partition coefficient (Wildman–Crippen LogP) is 1.53. The lowest BCUT2D eigenvalue weighted by molar-refractivity contribution is 0.0594. The Morgan fingerprint density at radius 2 is 1.90 bits per heavy atom. The third kappa shape index (κ3) is 3.91. The number of aliphatic hydroxyl groups excluding tert-OH is 1. The Bertz CT molecular complexity index is 522.